The first kappa shape index (κ1) is 19.4. The van der Waals surface area contributed by atoms with E-state index in [-0.39, 0.29) is 11.5 Å². The van der Waals surface area contributed by atoms with Crippen molar-refractivity contribution in [3.8, 4) is 0 Å². The molecule has 0 bridgehead atoms. The van der Waals surface area contributed by atoms with E-state index in [1.807, 2.05) is 30.3 Å². The van der Waals surface area contributed by atoms with Gasteiger partial charge in [0.1, 0.15) is 4.83 Å². The van der Waals surface area contributed by atoms with Crippen LogP contribution in [-0.2, 0) is 13.0 Å². The van der Waals surface area contributed by atoms with Crippen LogP contribution in [0, 0.1) is 6.92 Å². The molecule has 0 radical (unpaired) electrons. The minimum atomic E-state index is -0.261. The molecule has 1 amide bonds. The minimum Gasteiger partial charge on any atom is -0.321 e. The molecule has 0 atom stereocenters. The smallest absolute Gasteiger partial charge is 0.266 e. The van der Waals surface area contributed by atoms with E-state index in [0.717, 1.165) is 12.0 Å². The van der Waals surface area contributed by atoms with Crippen molar-refractivity contribution in [2.45, 2.75) is 19.9 Å². The summed E-state index contributed by atoms with van der Waals surface area (Å²) >= 11 is 7.11. The number of amides is 1. The lowest BCUT2D eigenvalue weighted by Crippen LogP contribution is -2.21. The van der Waals surface area contributed by atoms with Gasteiger partial charge in [0.25, 0.3) is 11.5 Å². The Balaban J connectivity index is 1.61. The molecular formula is C22H18ClN3O2S. The summed E-state index contributed by atoms with van der Waals surface area (Å²) in [6.07, 6.45) is 2.30. The van der Waals surface area contributed by atoms with Crippen LogP contribution in [0.5, 0.6) is 0 Å². The van der Waals surface area contributed by atoms with Crippen LogP contribution in [0.15, 0.2) is 65.7 Å². The van der Waals surface area contributed by atoms with E-state index in [2.05, 4.69) is 10.3 Å². The number of rotatable bonds is 5. The highest BCUT2D eigenvalue weighted by atomic mass is 35.5. The maximum absolute atomic E-state index is 13.0. The molecule has 0 fully saturated rings. The summed E-state index contributed by atoms with van der Waals surface area (Å²) in [4.78, 5) is 31.2. The summed E-state index contributed by atoms with van der Waals surface area (Å²) in [5, 5.41) is 3.95. The van der Waals surface area contributed by atoms with Gasteiger partial charge >= 0.3 is 0 Å². The molecule has 146 valence electrons. The zero-order valence-electron chi connectivity index (χ0n) is 15.7. The minimum absolute atomic E-state index is 0.120. The molecule has 0 saturated heterocycles. The van der Waals surface area contributed by atoms with Gasteiger partial charge in [-0.25, -0.2) is 4.98 Å². The zero-order chi connectivity index (χ0) is 20.4. The summed E-state index contributed by atoms with van der Waals surface area (Å²) in [6, 6.07) is 16.9. The van der Waals surface area contributed by atoms with Crippen molar-refractivity contribution in [1.82, 2.24) is 9.55 Å². The van der Waals surface area contributed by atoms with Crippen molar-refractivity contribution < 1.29 is 4.79 Å². The Kier molecular flexibility index (Phi) is 5.47. The van der Waals surface area contributed by atoms with Gasteiger partial charge < -0.3 is 5.32 Å². The predicted molar refractivity (Wildman–Crippen MR) is 118 cm³/mol. The number of nitrogens with zero attached hydrogens (tertiary/aromatic N) is 2. The van der Waals surface area contributed by atoms with E-state index in [0.29, 0.717) is 37.9 Å². The monoisotopic (exact) mass is 423 g/mol. The second-order valence-electron chi connectivity index (χ2n) is 6.68. The first-order valence-corrected chi connectivity index (χ1v) is 10.3. The first-order chi connectivity index (χ1) is 14.0. The lowest BCUT2D eigenvalue weighted by atomic mass is 10.1. The van der Waals surface area contributed by atoms with Gasteiger partial charge in [0, 0.05) is 17.3 Å². The van der Waals surface area contributed by atoms with Crippen molar-refractivity contribution in [3.05, 3.63) is 92.3 Å². The van der Waals surface area contributed by atoms with Crippen molar-refractivity contribution >= 4 is 44.7 Å². The van der Waals surface area contributed by atoms with E-state index in [1.165, 1.54) is 11.3 Å². The maximum Gasteiger partial charge on any atom is 0.266 e. The lowest BCUT2D eigenvalue weighted by Gasteiger charge is -2.06. The Hall–Kier alpha value is -2.96. The van der Waals surface area contributed by atoms with Gasteiger partial charge in [-0.15, -0.1) is 11.3 Å². The molecule has 5 nitrogen and oxygen atoms in total. The Morgan fingerprint density at radius 2 is 1.86 bits per heavy atom. The number of nitrogens with one attached hydrogen (secondary N) is 1. The number of carbonyl (C=O) groups is 1. The standard InChI is InChI=1S/C22H18ClN3O2S/c1-14-18-21(29-19(14)20(27)25-17-9-7-16(23)8-10-17)24-13-26(22(18)28)12-11-15-5-3-2-4-6-15/h2-10,13H,11-12H2,1H3,(H,25,27). The average Bonchev–Trinajstić information content (AvgIpc) is 3.07. The number of anilines is 1. The van der Waals surface area contributed by atoms with Crippen LogP contribution in [-0.4, -0.2) is 15.5 Å². The number of halogens is 1. The molecule has 2 aromatic heterocycles. The molecule has 0 saturated carbocycles. The molecule has 4 rings (SSSR count). The molecule has 7 heteroatoms. The van der Waals surface area contributed by atoms with Crippen molar-refractivity contribution in [3.63, 3.8) is 0 Å². The van der Waals surface area contributed by atoms with Gasteiger partial charge in [-0.2, -0.15) is 0 Å². The number of hydrogen-bond acceptors (Lipinski definition) is 4. The Labute approximate surface area is 176 Å². The van der Waals surface area contributed by atoms with E-state index >= 15 is 0 Å². The van der Waals surface area contributed by atoms with Crippen molar-refractivity contribution in [1.29, 1.82) is 0 Å². The molecule has 29 heavy (non-hydrogen) atoms. The number of benzene rings is 2. The molecule has 0 spiro atoms. The summed E-state index contributed by atoms with van der Waals surface area (Å²) < 4.78 is 1.61. The van der Waals surface area contributed by atoms with Crippen molar-refractivity contribution in [2.24, 2.45) is 0 Å². The molecule has 2 heterocycles. The van der Waals surface area contributed by atoms with E-state index in [4.69, 9.17) is 11.6 Å². The number of carbonyl (C=O) groups excluding carboxylic acids is 1. The molecule has 1 N–H and O–H groups in total. The topological polar surface area (TPSA) is 64.0 Å². The van der Waals surface area contributed by atoms with Gasteiger partial charge in [0.15, 0.2) is 0 Å². The number of thiophene rings is 1. The van der Waals surface area contributed by atoms with E-state index in [9.17, 15) is 9.59 Å². The normalized spacial score (nSPS) is 11.0. The number of fused-ring (bicyclic) bond motifs is 1. The summed E-state index contributed by atoms with van der Waals surface area (Å²) in [5.74, 6) is -0.261. The van der Waals surface area contributed by atoms with Crippen LogP contribution in [0.1, 0.15) is 20.8 Å². The van der Waals surface area contributed by atoms with E-state index < -0.39 is 0 Å². The molecule has 4 aromatic rings. The SMILES string of the molecule is Cc1c(C(=O)Nc2ccc(Cl)cc2)sc2ncn(CCc3ccccc3)c(=O)c12. The van der Waals surface area contributed by atoms with Crippen LogP contribution in [0.3, 0.4) is 0 Å². The molecule has 2 aromatic carbocycles. The predicted octanol–water partition coefficient (Wildman–Crippen LogP) is 4.91. The maximum atomic E-state index is 13.0. The summed E-state index contributed by atoms with van der Waals surface area (Å²) in [6.45, 7) is 2.33. The fourth-order valence-electron chi connectivity index (χ4n) is 3.15. The Morgan fingerprint density at radius 1 is 1.14 bits per heavy atom. The van der Waals surface area contributed by atoms with Crippen LogP contribution in [0.4, 0.5) is 5.69 Å². The fourth-order valence-corrected chi connectivity index (χ4v) is 4.31. The molecule has 0 aliphatic carbocycles. The van der Waals surface area contributed by atoms with Gasteiger partial charge in [-0.1, -0.05) is 41.9 Å². The van der Waals surface area contributed by atoms with Gasteiger partial charge in [0.05, 0.1) is 16.6 Å². The lowest BCUT2D eigenvalue weighted by molar-refractivity contribution is 0.103. The largest absolute Gasteiger partial charge is 0.321 e. The molecule has 0 unspecified atom stereocenters. The molecule has 0 aliphatic heterocycles. The second-order valence-corrected chi connectivity index (χ2v) is 8.11. The van der Waals surface area contributed by atoms with Gasteiger partial charge in [-0.05, 0) is 48.7 Å². The average molecular weight is 424 g/mol. The molecular weight excluding hydrogens is 406 g/mol. The third-order valence-electron chi connectivity index (χ3n) is 4.71. The zero-order valence-corrected chi connectivity index (χ0v) is 17.3. The number of hydrogen-bond donors (Lipinski definition) is 1. The number of aromatic nitrogens is 2. The van der Waals surface area contributed by atoms with E-state index in [1.54, 1.807) is 42.1 Å². The molecule has 0 aliphatic rings. The first-order valence-electron chi connectivity index (χ1n) is 9.12. The van der Waals surface area contributed by atoms with Crippen molar-refractivity contribution in [2.75, 3.05) is 5.32 Å². The van der Waals surface area contributed by atoms with Crippen LogP contribution >= 0.6 is 22.9 Å². The highest BCUT2D eigenvalue weighted by Crippen LogP contribution is 2.27. The Bertz CT molecular complexity index is 1230. The highest BCUT2D eigenvalue weighted by molar-refractivity contribution is 7.20. The summed E-state index contributed by atoms with van der Waals surface area (Å²) in [5.41, 5.74) is 2.34. The third-order valence-corrected chi connectivity index (χ3v) is 6.16. The number of aryl methyl sites for hydroxylation is 3. The van der Waals surface area contributed by atoms with Crippen LogP contribution < -0.4 is 10.9 Å². The quantitative estimate of drug-likeness (QED) is 0.495. The van der Waals surface area contributed by atoms with Gasteiger partial charge in [0.2, 0.25) is 0 Å². The summed E-state index contributed by atoms with van der Waals surface area (Å²) in [7, 11) is 0. The van der Waals surface area contributed by atoms with Gasteiger partial charge in [-0.3, -0.25) is 14.2 Å². The highest BCUT2D eigenvalue weighted by Gasteiger charge is 2.19. The van der Waals surface area contributed by atoms with Crippen LogP contribution in [0.25, 0.3) is 10.2 Å². The third kappa shape index (κ3) is 4.09. The second kappa shape index (κ2) is 8.19. The Morgan fingerprint density at radius 3 is 2.59 bits per heavy atom. The van der Waals surface area contributed by atoms with Crippen LogP contribution in [0.2, 0.25) is 5.02 Å². The fraction of sp³-hybridized carbons (Fsp3) is 0.136.